The Morgan fingerprint density at radius 2 is 1.96 bits per heavy atom. The highest BCUT2D eigenvalue weighted by molar-refractivity contribution is 5.80. The van der Waals surface area contributed by atoms with Crippen molar-refractivity contribution in [3.8, 4) is 11.5 Å². The van der Waals surface area contributed by atoms with Gasteiger partial charge in [0, 0.05) is 26.7 Å². The zero-order chi connectivity index (χ0) is 20.7. The van der Waals surface area contributed by atoms with E-state index in [1.807, 2.05) is 39.0 Å². The number of carbonyl (C=O) groups excluding carboxylic acids is 1. The molecular formula is C20H32N4O4. The van der Waals surface area contributed by atoms with Crippen LogP contribution in [-0.4, -0.2) is 69.5 Å². The van der Waals surface area contributed by atoms with E-state index in [1.54, 1.807) is 26.2 Å². The van der Waals surface area contributed by atoms with E-state index in [9.17, 15) is 4.79 Å². The van der Waals surface area contributed by atoms with Gasteiger partial charge in [0.2, 0.25) is 0 Å². The zero-order valence-electron chi connectivity index (χ0n) is 17.7. The van der Waals surface area contributed by atoms with Gasteiger partial charge in [-0.05, 0) is 51.0 Å². The summed E-state index contributed by atoms with van der Waals surface area (Å²) in [5, 5.41) is 6.62. The predicted octanol–water partition coefficient (Wildman–Crippen LogP) is 2.03. The van der Waals surface area contributed by atoms with Crippen LogP contribution in [0.4, 0.5) is 4.79 Å². The molecular weight excluding hydrogens is 360 g/mol. The van der Waals surface area contributed by atoms with Gasteiger partial charge in [0.05, 0.1) is 20.3 Å². The maximum absolute atomic E-state index is 12.0. The van der Waals surface area contributed by atoms with E-state index in [1.165, 1.54) is 0 Å². The summed E-state index contributed by atoms with van der Waals surface area (Å²) in [4.78, 5) is 17.9. The number of rotatable bonds is 6. The molecule has 8 heteroatoms. The van der Waals surface area contributed by atoms with Crippen molar-refractivity contribution in [3.63, 3.8) is 0 Å². The molecule has 0 aliphatic carbocycles. The largest absolute Gasteiger partial charge is 0.497 e. The van der Waals surface area contributed by atoms with Gasteiger partial charge >= 0.3 is 6.09 Å². The molecule has 2 N–H and O–H groups in total. The van der Waals surface area contributed by atoms with Crippen molar-refractivity contribution in [1.29, 1.82) is 0 Å². The lowest BCUT2D eigenvalue weighted by molar-refractivity contribution is 0.00701. The molecule has 0 radical (unpaired) electrons. The van der Waals surface area contributed by atoms with Gasteiger partial charge in [0.1, 0.15) is 17.1 Å². The van der Waals surface area contributed by atoms with Crippen LogP contribution in [0.25, 0.3) is 0 Å². The van der Waals surface area contributed by atoms with E-state index < -0.39 is 5.60 Å². The van der Waals surface area contributed by atoms with Gasteiger partial charge in [-0.15, -0.1) is 0 Å². The van der Waals surface area contributed by atoms with Gasteiger partial charge in [-0.3, -0.25) is 4.99 Å². The molecule has 0 aromatic heterocycles. The van der Waals surface area contributed by atoms with Crippen molar-refractivity contribution in [3.05, 3.63) is 23.8 Å². The van der Waals surface area contributed by atoms with E-state index in [4.69, 9.17) is 14.2 Å². The van der Waals surface area contributed by atoms with Gasteiger partial charge in [-0.1, -0.05) is 0 Å². The van der Waals surface area contributed by atoms with Crippen molar-refractivity contribution >= 4 is 12.1 Å². The van der Waals surface area contributed by atoms with Crippen LogP contribution in [0.2, 0.25) is 0 Å². The van der Waals surface area contributed by atoms with Crippen LogP contribution in [0.15, 0.2) is 23.2 Å². The molecule has 28 heavy (non-hydrogen) atoms. The molecule has 1 heterocycles. The van der Waals surface area contributed by atoms with Crippen LogP contribution in [0.1, 0.15) is 26.3 Å². The zero-order valence-corrected chi connectivity index (χ0v) is 17.7. The molecule has 0 bridgehead atoms. The maximum Gasteiger partial charge on any atom is 0.410 e. The average molecular weight is 393 g/mol. The van der Waals surface area contributed by atoms with Gasteiger partial charge < -0.3 is 29.7 Å². The minimum Gasteiger partial charge on any atom is -0.497 e. The van der Waals surface area contributed by atoms with Crippen molar-refractivity contribution in [2.75, 3.05) is 40.9 Å². The van der Waals surface area contributed by atoms with Gasteiger partial charge in [0.25, 0.3) is 0 Å². The lowest BCUT2D eigenvalue weighted by Crippen LogP contribution is -2.63. The lowest BCUT2D eigenvalue weighted by atomic mass is 10.1. The molecule has 1 fully saturated rings. The molecule has 1 aromatic rings. The SMILES string of the molecule is CN=C(NCCc1cc(OC)ccc1OC)NC1CN(C(=O)OC(C)(C)C)C1. The number of hydrogen-bond acceptors (Lipinski definition) is 5. The molecule has 1 aliphatic rings. The van der Waals surface area contributed by atoms with Crippen molar-refractivity contribution in [1.82, 2.24) is 15.5 Å². The molecule has 1 aromatic carbocycles. The molecule has 1 saturated heterocycles. The molecule has 0 atom stereocenters. The highest BCUT2D eigenvalue weighted by Crippen LogP contribution is 2.24. The molecule has 156 valence electrons. The van der Waals surface area contributed by atoms with Gasteiger partial charge in [-0.2, -0.15) is 0 Å². The Morgan fingerprint density at radius 3 is 2.54 bits per heavy atom. The highest BCUT2D eigenvalue weighted by atomic mass is 16.6. The number of nitrogens with one attached hydrogen (secondary N) is 2. The molecule has 1 amide bonds. The van der Waals surface area contributed by atoms with Crippen LogP contribution in [0, 0.1) is 0 Å². The highest BCUT2D eigenvalue weighted by Gasteiger charge is 2.34. The summed E-state index contributed by atoms with van der Waals surface area (Å²) >= 11 is 0. The number of benzene rings is 1. The standard InChI is InChI=1S/C20H32N4O4/c1-20(2,3)28-19(25)24-12-15(13-24)23-18(21-4)22-10-9-14-11-16(26-5)7-8-17(14)27-6/h7-8,11,15H,9-10,12-13H2,1-6H3,(H2,21,22,23). The number of hydrogen-bond donors (Lipinski definition) is 2. The Bertz CT molecular complexity index is 694. The first kappa shape index (κ1) is 21.7. The van der Waals surface area contributed by atoms with E-state index in [-0.39, 0.29) is 12.1 Å². The van der Waals surface area contributed by atoms with E-state index >= 15 is 0 Å². The number of likely N-dealkylation sites (tertiary alicyclic amines) is 1. The molecule has 2 rings (SSSR count). The molecule has 0 unspecified atom stereocenters. The lowest BCUT2D eigenvalue weighted by Gasteiger charge is -2.40. The van der Waals surface area contributed by atoms with Crippen LogP contribution in [0.5, 0.6) is 11.5 Å². The monoisotopic (exact) mass is 392 g/mol. The first-order valence-electron chi connectivity index (χ1n) is 9.41. The number of ether oxygens (including phenoxy) is 3. The molecule has 0 saturated carbocycles. The third-order valence-electron chi connectivity index (χ3n) is 4.27. The molecule has 1 aliphatic heterocycles. The number of aliphatic imine (C=N–C) groups is 1. The third kappa shape index (κ3) is 6.21. The quantitative estimate of drug-likeness (QED) is 0.569. The molecule has 8 nitrogen and oxygen atoms in total. The van der Waals surface area contributed by atoms with Crippen LogP contribution in [0.3, 0.4) is 0 Å². The number of nitrogens with zero attached hydrogens (tertiary/aromatic N) is 2. The second-order valence-electron chi connectivity index (χ2n) is 7.65. The van der Waals surface area contributed by atoms with Crippen LogP contribution >= 0.6 is 0 Å². The topological polar surface area (TPSA) is 84.4 Å². The first-order valence-corrected chi connectivity index (χ1v) is 9.41. The summed E-state index contributed by atoms with van der Waals surface area (Å²) in [6.45, 7) is 7.47. The Labute approximate surface area is 167 Å². The Hall–Kier alpha value is -2.64. The van der Waals surface area contributed by atoms with Crippen molar-refractivity contribution in [2.45, 2.75) is 38.8 Å². The summed E-state index contributed by atoms with van der Waals surface area (Å²) in [6.07, 6.45) is 0.481. The summed E-state index contributed by atoms with van der Waals surface area (Å²) in [5.41, 5.74) is 0.582. The second-order valence-corrected chi connectivity index (χ2v) is 7.65. The minimum atomic E-state index is -0.478. The number of amides is 1. The fourth-order valence-corrected chi connectivity index (χ4v) is 2.83. The number of methoxy groups -OCH3 is 2. The fourth-order valence-electron chi connectivity index (χ4n) is 2.83. The number of guanidine groups is 1. The predicted molar refractivity (Wildman–Crippen MR) is 109 cm³/mol. The minimum absolute atomic E-state index is 0.157. The van der Waals surface area contributed by atoms with Crippen LogP contribution < -0.4 is 20.1 Å². The van der Waals surface area contributed by atoms with E-state index in [0.29, 0.717) is 25.6 Å². The Balaban J connectivity index is 1.77. The smallest absolute Gasteiger partial charge is 0.410 e. The van der Waals surface area contributed by atoms with Crippen molar-refractivity contribution < 1.29 is 19.0 Å². The first-order chi connectivity index (χ1) is 13.3. The second kappa shape index (κ2) is 9.52. The Kier molecular flexibility index (Phi) is 7.37. The number of carbonyl (C=O) groups is 1. The van der Waals surface area contributed by atoms with E-state index in [2.05, 4.69) is 15.6 Å². The summed E-state index contributed by atoms with van der Waals surface area (Å²) in [7, 11) is 5.03. The van der Waals surface area contributed by atoms with Gasteiger partial charge in [-0.25, -0.2) is 4.79 Å². The van der Waals surface area contributed by atoms with Crippen molar-refractivity contribution in [2.24, 2.45) is 4.99 Å². The summed E-state index contributed by atoms with van der Waals surface area (Å²) in [6, 6.07) is 5.91. The average Bonchev–Trinajstić information content (AvgIpc) is 2.60. The third-order valence-corrected chi connectivity index (χ3v) is 4.27. The van der Waals surface area contributed by atoms with Gasteiger partial charge in [0.15, 0.2) is 5.96 Å². The maximum atomic E-state index is 12.0. The Morgan fingerprint density at radius 1 is 1.25 bits per heavy atom. The van der Waals surface area contributed by atoms with E-state index in [0.717, 1.165) is 23.5 Å². The van der Waals surface area contributed by atoms with Crippen LogP contribution in [-0.2, 0) is 11.2 Å². The summed E-state index contributed by atoms with van der Waals surface area (Å²) < 4.78 is 16.1. The molecule has 0 spiro atoms. The normalized spacial score (nSPS) is 14.9. The summed E-state index contributed by atoms with van der Waals surface area (Å²) in [5.74, 6) is 2.34. The fraction of sp³-hybridized carbons (Fsp3) is 0.600.